The summed E-state index contributed by atoms with van der Waals surface area (Å²) in [5, 5.41) is 1.26. The fourth-order valence-electron chi connectivity index (χ4n) is 2.86. The predicted molar refractivity (Wildman–Crippen MR) is 135 cm³/mol. The maximum Gasteiger partial charge on any atom is 0.0540 e. The van der Waals surface area contributed by atoms with Gasteiger partial charge in [0.2, 0.25) is 0 Å². The molecule has 0 saturated carbocycles. The van der Waals surface area contributed by atoms with Crippen LogP contribution in [0.4, 0.5) is 0 Å². The van der Waals surface area contributed by atoms with E-state index >= 15 is 0 Å². The van der Waals surface area contributed by atoms with Gasteiger partial charge in [0.05, 0.1) is 11.2 Å². The molecule has 0 fully saturated rings. The van der Waals surface area contributed by atoms with Crippen molar-refractivity contribution in [2.24, 2.45) is 0 Å². The quantitative estimate of drug-likeness (QED) is 0.498. The van der Waals surface area contributed by atoms with E-state index in [1.54, 1.807) is 0 Å². The molecule has 0 saturated heterocycles. The monoisotopic (exact) mass is 381 g/mol. The summed E-state index contributed by atoms with van der Waals surface area (Å²) in [4.78, 5) is 0. The number of allylic oxidation sites excluding steroid dienone is 5. The first-order chi connectivity index (χ1) is 13.9. The first-order valence-electron chi connectivity index (χ1n) is 11.1. The molecule has 1 heterocycles. The topological polar surface area (TPSA) is 4.93 Å². The molecule has 1 heteroatoms. The lowest BCUT2D eigenvalue weighted by Crippen LogP contribution is -1.99. The number of nitrogens with zero attached hydrogens (tertiary/aromatic N) is 1. The minimum Gasteiger partial charge on any atom is -0.310 e. The van der Waals surface area contributed by atoms with Crippen LogP contribution in [-0.4, -0.2) is 4.57 Å². The van der Waals surface area contributed by atoms with E-state index in [0.29, 0.717) is 0 Å². The zero-order valence-corrected chi connectivity index (χ0v) is 19.8. The van der Waals surface area contributed by atoms with Crippen molar-refractivity contribution in [3.05, 3.63) is 66.4 Å². The number of rotatable bonds is 3. The van der Waals surface area contributed by atoms with Crippen molar-refractivity contribution in [1.29, 1.82) is 0 Å². The molecule has 0 atom stereocenters. The van der Waals surface area contributed by atoms with Crippen LogP contribution in [0.2, 0.25) is 0 Å². The van der Waals surface area contributed by atoms with E-state index in [2.05, 4.69) is 72.7 Å². The van der Waals surface area contributed by atoms with Crippen molar-refractivity contribution >= 4 is 28.8 Å². The van der Waals surface area contributed by atoms with E-state index in [0.717, 1.165) is 12.8 Å². The normalized spacial score (nSPS) is 11.5. The van der Waals surface area contributed by atoms with Gasteiger partial charge in [-0.05, 0) is 38.0 Å². The van der Waals surface area contributed by atoms with Gasteiger partial charge in [0.15, 0.2) is 0 Å². The second kappa shape index (κ2) is 18.1. The first-order valence-corrected chi connectivity index (χ1v) is 11.1. The Balaban J connectivity index is 0. The molecule has 0 aliphatic heterocycles. The summed E-state index contributed by atoms with van der Waals surface area (Å²) in [6, 6.07) is 8.53. The SMILES string of the molecule is C=Cc1c(/C=C\C)n(C2=CCCC=C2)c2ccccc12.CC.CC.CC.CC. The number of para-hydroxylation sites is 1. The molecule has 0 amide bonds. The van der Waals surface area contributed by atoms with E-state index < -0.39 is 0 Å². The Hall–Kier alpha value is -2.28. The summed E-state index contributed by atoms with van der Waals surface area (Å²) in [5.74, 6) is 0. The van der Waals surface area contributed by atoms with Crippen LogP contribution >= 0.6 is 0 Å². The molecule has 0 radical (unpaired) electrons. The molecule has 1 aliphatic carbocycles. The molecule has 0 spiro atoms. The van der Waals surface area contributed by atoms with Gasteiger partial charge in [0.1, 0.15) is 0 Å². The summed E-state index contributed by atoms with van der Waals surface area (Å²) in [7, 11) is 0. The number of aromatic nitrogens is 1. The Morgan fingerprint density at radius 1 is 0.893 bits per heavy atom. The van der Waals surface area contributed by atoms with Crippen LogP contribution in [0.3, 0.4) is 0 Å². The highest BCUT2D eigenvalue weighted by atomic mass is 15.0. The Labute approximate surface area is 175 Å². The Kier molecular flexibility index (Phi) is 18.1. The van der Waals surface area contributed by atoms with E-state index in [-0.39, 0.29) is 0 Å². The zero-order chi connectivity index (χ0) is 21.9. The molecule has 1 aromatic heterocycles. The van der Waals surface area contributed by atoms with E-state index in [9.17, 15) is 0 Å². The predicted octanol–water partition coefficient (Wildman–Crippen LogP) is 9.61. The van der Waals surface area contributed by atoms with Crippen LogP contribution in [0, 0.1) is 0 Å². The molecular formula is C27H43N. The highest BCUT2D eigenvalue weighted by molar-refractivity contribution is 5.96. The second-order valence-electron chi connectivity index (χ2n) is 4.96. The first kappa shape index (κ1) is 27.9. The molecule has 1 aromatic carbocycles. The van der Waals surface area contributed by atoms with Crippen LogP contribution in [0.5, 0.6) is 0 Å². The van der Waals surface area contributed by atoms with Crippen LogP contribution in [-0.2, 0) is 0 Å². The van der Waals surface area contributed by atoms with Crippen molar-refractivity contribution in [2.45, 2.75) is 75.2 Å². The van der Waals surface area contributed by atoms with Gasteiger partial charge in [-0.3, -0.25) is 0 Å². The summed E-state index contributed by atoms with van der Waals surface area (Å²) in [5.41, 5.74) is 4.92. The fourth-order valence-corrected chi connectivity index (χ4v) is 2.86. The molecular weight excluding hydrogens is 338 g/mol. The third-order valence-corrected chi connectivity index (χ3v) is 3.71. The van der Waals surface area contributed by atoms with Crippen molar-refractivity contribution < 1.29 is 0 Å². The molecule has 0 N–H and O–H groups in total. The van der Waals surface area contributed by atoms with Gasteiger partial charge in [0.25, 0.3) is 0 Å². The van der Waals surface area contributed by atoms with Crippen LogP contribution in [0.15, 0.2) is 55.1 Å². The van der Waals surface area contributed by atoms with E-state index in [4.69, 9.17) is 0 Å². The number of hydrogen-bond donors (Lipinski definition) is 0. The van der Waals surface area contributed by atoms with Gasteiger partial charge in [-0.15, -0.1) is 0 Å². The van der Waals surface area contributed by atoms with Gasteiger partial charge in [0, 0.05) is 16.6 Å². The summed E-state index contributed by atoms with van der Waals surface area (Å²) < 4.78 is 2.34. The molecule has 156 valence electrons. The highest BCUT2D eigenvalue weighted by Crippen LogP contribution is 2.32. The Bertz CT molecular complexity index is 739. The van der Waals surface area contributed by atoms with Crippen LogP contribution < -0.4 is 0 Å². The Morgan fingerprint density at radius 2 is 1.50 bits per heavy atom. The molecule has 28 heavy (non-hydrogen) atoms. The number of benzene rings is 1. The summed E-state index contributed by atoms with van der Waals surface area (Å²) in [6.45, 7) is 22.1. The standard InChI is InChI=1S/C19H19N.4C2H6/c1-3-10-18-16(4-2)17-13-8-9-14-19(17)20(18)15-11-6-5-7-12-15;4*1-2/h3-4,6,8-14H,2,5,7H2,1H3;4*1-2H3/b10-3-;;;;. The third kappa shape index (κ3) is 7.03. The maximum absolute atomic E-state index is 4.00. The molecule has 0 unspecified atom stereocenters. The van der Waals surface area contributed by atoms with Gasteiger partial charge >= 0.3 is 0 Å². The molecule has 2 aromatic rings. The largest absolute Gasteiger partial charge is 0.310 e. The zero-order valence-electron chi connectivity index (χ0n) is 19.8. The fraction of sp³-hybridized carbons (Fsp3) is 0.407. The average molecular weight is 382 g/mol. The number of fused-ring (bicyclic) bond motifs is 1. The van der Waals surface area contributed by atoms with Crippen molar-refractivity contribution in [3.8, 4) is 0 Å². The average Bonchev–Trinajstić information content (AvgIpc) is 3.13. The van der Waals surface area contributed by atoms with Crippen LogP contribution in [0.1, 0.15) is 86.4 Å². The van der Waals surface area contributed by atoms with E-state index in [1.807, 2.05) is 61.5 Å². The lowest BCUT2D eigenvalue weighted by Gasteiger charge is -2.13. The van der Waals surface area contributed by atoms with Gasteiger partial charge < -0.3 is 4.57 Å². The van der Waals surface area contributed by atoms with Gasteiger partial charge in [-0.2, -0.15) is 0 Å². The summed E-state index contributed by atoms with van der Waals surface area (Å²) >= 11 is 0. The van der Waals surface area contributed by atoms with Gasteiger partial charge in [-0.1, -0.05) is 104 Å². The van der Waals surface area contributed by atoms with Crippen molar-refractivity contribution in [2.75, 3.05) is 0 Å². The molecule has 3 rings (SSSR count). The number of hydrogen-bond acceptors (Lipinski definition) is 0. The molecule has 1 nitrogen and oxygen atoms in total. The van der Waals surface area contributed by atoms with Crippen molar-refractivity contribution in [3.63, 3.8) is 0 Å². The van der Waals surface area contributed by atoms with Gasteiger partial charge in [-0.25, -0.2) is 0 Å². The van der Waals surface area contributed by atoms with Crippen molar-refractivity contribution in [1.82, 2.24) is 4.57 Å². The Morgan fingerprint density at radius 3 is 2.00 bits per heavy atom. The lowest BCUT2D eigenvalue weighted by molar-refractivity contribution is 1.01. The molecule has 1 aliphatic rings. The third-order valence-electron chi connectivity index (χ3n) is 3.71. The minimum atomic E-state index is 1.11. The highest BCUT2D eigenvalue weighted by Gasteiger charge is 2.15. The lowest BCUT2D eigenvalue weighted by atomic mass is 10.1. The second-order valence-corrected chi connectivity index (χ2v) is 4.96. The minimum absolute atomic E-state index is 1.11. The smallest absolute Gasteiger partial charge is 0.0540 e. The maximum atomic E-state index is 4.00. The molecule has 0 bridgehead atoms. The van der Waals surface area contributed by atoms with Crippen LogP contribution in [0.25, 0.3) is 28.8 Å². The van der Waals surface area contributed by atoms with E-state index in [1.165, 1.54) is 27.9 Å². The summed E-state index contributed by atoms with van der Waals surface area (Å²) in [6.07, 6.45) is 15.2.